The van der Waals surface area contributed by atoms with Gasteiger partial charge >= 0.3 is 6.03 Å². The maximum Gasteiger partial charge on any atom is 0.315 e. The highest BCUT2D eigenvalue weighted by Crippen LogP contribution is 2.10. The summed E-state index contributed by atoms with van der Waals surface area (Å²) < 4.78 is 9.69. The van der Waals surface area contributed by atoms with Gasteiger partial charge in [0.15, 0.2) is 5.78 Å². The first kappa shape index (κ1) is 15.0. The Morgan fingerprint density at radius 3 is 2.37 bits per heavy atom. The number of ketones is 1. The van der Waals surface area contributed by atoms with Crippen molar-refractivity contribution in [2.75, 3.05) is 27.4 Å². The SMILES string of the molecule is COCC(=O)CNC(=O)NCc1ccc(OC)cc1. The number of methoxy groups -OCH3 is 2. The Balaban J connectivity index is 2.27. The number of benzene rings is 1. The van der Waals surface area contributed by atoms with Gasteiger partial charge in [0.05, 0.1) is 13.7 Å². The van der Waals surface area contributed by atoms with Crippen molar-refractivity contribution in [2.24, 2.45) is 0 Å². The second-order valence-electron chi connectivity index (χ2n) is 3.86. The average molecular weight is 266 g/mol. The van der Waals surface area contributed by atoms with Crippen LogP contribution in [-0.2, 0) is 16.1 Å². The molecule has 2 N–H and O–H groups in total. The van der Waals surface area contributed by atoms with Crippen LogP contribution >= 0.6 is 0 Å². The normalized spacial score (nSPS) is 9.79. The molecule has 0 unspecified atom stereocenters. The highest BCUT2D eigenvalue weighted by molar-refractivity contribution is 5.86. The Bertz CT molecular complexity index is 417. The van der Waals surface area contributed by atoms with E-state index >= 15 is 0 Å². The van der Waals surface area contributed by atoms with Crippen LogP contribution in [0, 0.1) is 0 Å². The highest BCUT2D eigenvalue weighted by Gasteiger charge is 2.04. The maximum atomic E-state index is 11.4. The molecule has 0 atom stereocenters. The number of carbonyl (C=O) groups excluding carboxylic acids is 2. The maximum absolute atomic E-state index is 11.4. The second kappa shape index (κ2) is 8.10. The van der Waals surface area contributed by atoms with Gasteiger partial charge in [0.1, 0.15) is 12.4 Å². The molecule has 6 heteroatoms. The predicted molar refractivity (Wildman–Crippen MR) is 70.1 cm³/mol. The Labute approximate surface area is 112 Å². The standard InChI is InChI=1S/C13H18N2O4/c1-18-9-11(16)8-15-13(17)14-7-10-3-5-12(19-2)6-4-10/h3-6H,7-9H2,1-2H3,(H2,14,15,17). The van der Waals surface area contributed by atoms with Gasteiger partial charge in [-0.15, -0.1) is 0 Å². The molecule has 0 saturated heterocycles. The molecule has 0 aliphatic heterocycles. The highest BCUT2D eigenvalue weighted by atomic mass is 16.5. The quantitative estimate of drug-likeness (QED) is 0.762. The number of carbonyl (C=O) groups is 2. The van der Waals surface area contributed by atoms with Crippen LogP contribution in [0.4, 0.5) is 4.79 Å². The summed E-state index contributed by atoms with van der Waals surface area (Å²) in [6.45, 7) is 0.343. The molecule has 0 spiro atoms. The van der Waals surface area contributed by atoms with E-state index in [1.807, 2.05) is 24.3 Å². The summed E-state index contributed by atoms with van der Waals surface area (Å²) in [7, 11) is 3.03. The van der Waals surface area contributed by atoms with Gasteiger partial charge in [-0.05, 0) is 17.7 Å². The number of hydrogen-bond acceptors (Lipinski definition) is 4. The molecule has 6 nitrogen and oxygen atoms in total. The smallest absolute Gasteiger partial charge is 0.315 e. The summed E-state index contributed by atoms with van der Waals surface area (Å²) in [6, 6.07) is 6.96. The Morgan fingerprint density at radius 2 is 1.79 bits per heavy atom. The number of amides is 2. The first-order valence-electron chi connectivity index (χ1n) is 5.81. The fourth-order valence-corrected chi connectivity index (χ4v) is 1.38. The topological polar surface area (TPSA) is 76.7 Å². The summed E-state index contributed by atoms with van der Waals surface area (Å²) in [5, 5.41) is 5.11. The molecule has 0 aliphatic rings. The first-order chi connectivity index (χ1) is 9.15. The van der Waals surface area contributed by atoms with Gasteiger partial charge < -0.3 is 20.1 Å². The first-order valence-corrected chi connectivity index (χ1v) is 5.81. The molecule has 1 rings (SSSR count). The molecule has 2 amide bonds. The predicted octanol–water partition coefficient (Wildman–Crippen LogP) is 0.710. The van der Waals surface area contributed by atoms with E-state index in [9.17, 15) is 9.59 Å². The van der Waals surface area contributed by atoms with Gasteiger partial charge in [-0.25, -0.2) is 4.79 Å². The summed E-state index contributed by atoms with van der Waals surface area (Å²) in [5.74, 6) is 0.584. The molecule has 0 bridgehead atoms. The van der Waals surface area contributed by atoms with Gasteiger partial charge in [-0.1, -0.05) is 12.1 Å². The van der Waals surface area contributed by atoms with E-state index in [4.69, 9.17) is 4.74 Å². The third-order valence-electron chi connectivity index (χ3n) is 2.36. The fourth-order valence-electron chi connectivity index (χ4n) is 1.38. The second-order valence-corrected chi connectivity index (χ2v) is 3.86. The average Bonchev–Trinajstić information content (AvgIpc) is 2.44. The van der Waals surface area contributed by atoms with Crippen LogP contribution in [0.25, 0.3) is 0 Å². The van der Waals surface area contributed by atoms with Gasteiger partial charge in [-0.3, -0.25) is 4.79 Å². The van der Waals surface area contributed by atoms with Crippen molar-refractivity contribution < 1.29 is 19.1 Å². The van der Waals surface area contributed by atoms with E-state index in [1.165, 1.54) is 7.11 Å². The minimum Gasteiger partial charge on any atom is -0.497 e. The Morgan fingerprint density at radius 1 is 1.11 bits per heavy atom. The zero-order valence-electron chi connectivity index (χ0n) is 11.1. The van der Waals surface area contributed by atoms with Gasteiger partial charge in [-0.2, -0.15) is 0 Å². The van der Waals surface area contributed by atoms with Crippen molar-refractivity contribution >= 4 is 11.8 Å². The van der Waals surface area contributed by atoms with Crippen molar-refractivity contribution in [1.82, 2.24) is 10.6 Å². The zero-order chi connectivity index (χ0) is 14.1. The van der Waals surface area contributed by atoms with Crippen molar-refractivity contribution in [3.05, 3.63) is 29.8 Å². The number of nitrogens with one attached hydrogen (secondary N) is 2. The molecule has 0 aromatic heterocycles. The van der Waals surface area contributed by atoms with Gasteiger partial charge in [0, 0.05) is 13.7 Å². The van der Waals surface area contributed by atoms with Crippen LogP contribution in [0.5, 0.6) is 5.75 Å². The number of Topliss-reactive ketones (excluding diaryl/α,β-unsaturated/α-hetero) is 1. The summed E-state index contributed by atoms with van der Waals surface area (Å²) in [5.41, 5.74) is 0.944. The summed E-state index contributed by atoms with van der Waals surface area (Å²) in [6.07, 6.45) is 0. The lowest BCUT2D eigenvalue weighted by atomic mass is 10.2. The summed E-state index contributed by atoms with van der Waals surface area (Å²) in [4.78, 5) is 22.5. The third-order valence-corrected chi connectivity index (χ3v) is 2.36. The lowest BCUT2D eigenvalue weighted by molar-refractivity contribution is -0.121. The minimum absolute atomic E-state index is 0.00123. The molecular weight excluding hydrogens is 248 g/mol. The summed E-state index contributed by atoms with van der Waals surface area (Å²) >= 11 is 0. The van der Waals surface area contributed by atoms with Crippen LogP contribution in [0.15, 0.2) is 24.3 Å². The van der Waals surface area contributed by atoms with E-state index in [1.54, 1.807) is 7.11 Å². The molecule has 0 aliphatic carbocycles. The Kier molecular flexibility index (Phi) is 6.38. The Hall–Kier alpha value is -2.08. The number of rotatable bonds is 7. The lowest BCUT2D eigenvalue weighted by Crippen LogP contribution is -2.38. The molecule has 0 radical (unpaired) electrons. The minimum atomic E-state index is -0.389. The molecule has 1 aromatic rings. The number of hydrogen-bond donors (Lipinski definition) is 2. The number of ether oxygens (including phenoxy) is 2. The van der Waals surface area contributed by atoms with Gasteiger partial charge in [0.25, 0.3) is 0 Å². The van der Waals surface area contributed by atoms with Crippen molar-refractivity contribution in [1.29, 1.82) is 0 Å². The van der Waals surface area contributed by atoms with E-state index in [0.717, 1.165) is 11.3 Å². The van der Waals surface area contributed by atoms with Crippen LogP contribution in [0.2, 0.25) is 0 Å². The van der Waals surface area contributed by atoms with E-state index < -0.39 is 0 Å². The van der Waals surface area contributed by atoms with Gasteiger partial charge in [0.2, 0.25) is 0 Å². The molecule has 104 valence electrons. The monoisotopic (exact) mass is 266 g/mol. The molecule has 1 aromatic carbocycles. The molecule has 0 fully saturated rings. The van der Waals surface area contributed by atoms with Crippen molar-refractivity contribution in [3.63, 3.8) is 0 Å². The molecule has 0 heterocycles. The molecule has 0 saturated carbocycles. The van der Waals surface area contributed by atoms with Crippen molar-refractivity contribution in [2.45, 2.75) is 6.54 Å². The van der Waals surface area contributed by atoms with Crippen LogP contribution in [0.3, 0.4) is 0 Å². The van der Waals surface area contributed by atoms with E-state index in [0.29, 0.717) is 6.54 Å². The lowest BCUT2D eigenvalue weighted by Gasteiger charge is -2.07. The van der Waals surface area contributed by atoms with Crippen LogP contribution in [0.1, 0.15) is 5.56 Å². The van der Waals surface area contributed by atoms with Crippen molar-refractivity contribution in [3.8, 4) is 5.75 Å². The number of urea groups is 1. The van der Waals surface area contributed by atoms with Crippen LogP contribution in [-0.4, -0.2) is 39.2 Å². The third kappa shape index (κ3) is 5.87. The van der Waals surface area contributed by atoms with E-state index in [2.05, 4.69) is 15.4 Å². The largest absolute Gasteiger partial charge is 0.497 e. The fraction of sp³-hybridized carbons (Fsp3) is 0.385. The molecular formula is C13H18N2O4. The molecule has 19 heavy (non-hydrogen) atoms. The van der Waals surface area contributed by atoms with E-state index in [-0.39, 0.29) is 25.0 Å². The zero-order valence-corrected chi connectivity index (χ0v) is 11.1. The van der Waals surface area contributed by atoms with Crippen LogP contribution < -0.4 is 15.4 Å².